The molecule has 0 unspecified atom stereocenters. The summed E-state index contributed by atoms with van der Waals surface area (Å²) in [7, 11) is 0. The normalized spacial score (nSPS) is 16.0. The Labute approximate surface area is 159 Å². The first-order valence-electron chi connectivity index (χ1n) is 8.85. The van der Waals surface area contributed by atoms with Gasteiger partial charge in [0.05, 0.1) is 19.3 Å². The quantitative estimate of drug-likeness (QED) is 0.762. The van der Waals surface area contributed by atoms with Crippen LogP contribution in [-0.2, 0) is 11.3 Å². The molecule has 6 heteroatoms. The molecule has 0 bridgehead atoms. The maximum Gasteiger partial charge on any atom is 0.166 e. The Bertz CT molecular complexity index is 690. The van der Waals surface area contributed by atoms with Crippen molar-refractivity contribution >= 4 is 17.3 Å². The predicted molar refractivity (Wildman–Crippen MR) is 105 cm³/mol. The molecule has 0 spiro atoms. The van der Waals surface area contributed by atoms with Crippen molar-refractivity contribution in [1.29, 1.82) is 0 Å². The zero-order chi connectivity index (χ0) is 18.2. The highest BCUT2D eigenvalue weighted by molar-refractivity contribution is 7.80. The lowest BCUT2D eigenvalue weighted by Crippen LogP contribution is -2.45. The molecular weight excluding hydrogens is 349 g/mol. The first kappa shape index (κ1) is 18.8. The number of thiocarbonyl (C=S) groups is 1. The third-order valence-electron chi connectivity index (χ3n) is 4.49. The number of nitrogens with zero attached hydrogens (tertiary/aromatic N) is 1. The lowest BCUT2D eigenvalue weighted by atomic mass is 10.0. The molecule has 0 saturated carbocycles. The zero-order valence-electron chi connectivity index (χ0n) is 14.7. The molecule has 1 aliphatic rings. The van der Waals surface area contributed by atoms with E-state index in [4.69, 9.17) is 17.0 Å². The van der Waals surface area contributed by atoms with Crippen LogP contribution in [0.3, 0.4) is 0 Å². The molecule has 3 rings (SSSR count). The van der Waals surface area contributed by atoms with E-state index in [1.54, 1.807) is 0 Å². The maximum atomic E-state index is 13.3. The van der Waals surface area contributed by atoms with Gasteiger partial charge in [0.1, 0.15) is 5.82 Å². The minimum atomic E-state index is -0.220. The lowest BCUT2D eigenvalue weighted by molar-refractivity contribution is 0.0170. The molecule has 0 aromatic heterocycles. The molecule has 1 saturated heterocycles. The standard InChI is InChI=1S/C20H24FN3OS/c21-18-8-6-17(7-9-18)19(24-10-12-25-13-11-24)15-23-20(26)22-14-16-4-2-1-3-5-16/h1-9,19H,10-15H2,(H2,22,23,26)/t19-/m1/s1. The number of nitrogens with one attached hydrogen (secondary N) is 2. The van der Waals surface area contributed by atoms with Gasteiger partial charge >= 0.3 is 0 Å². The Morgan fingerprint density at radius 2 is 1.73 bits per heavy atom. The maximum absolute atomic E-state index is 13.3. The first-order valence-corrected chi connectivity index (χ1v) is 9.26. The second-order valence-corrected chi connectivity index (χ2v) is 6.67. The van der Waals surface area contributed by atoms with E-state index < -0.39 is 0 Å². The van der Waals surface area contributed by atoms with Crippen LogP contribution in [0, 0.1) is 5.82 Å². The zero-order valence-corrected chi connectivity index (χ0v) is 15.5. The SMILES string of the molecule is Fc1ccc([C@@H](CNC(=S)NCc2ccccc2)N2CCOCC2)cc1. The van der Waals surface area contributed by atoms with Crippen LogP contribution >= 0.6 is 12.2 Å². The van der Waals surface area contributed by atoms with Crippen LogP contribution in [0.2, 0.25) is 0 Å². The molecule has 0 aliphatic carbocycles. The first-order chi connectivity index (χ1) is 12.7. The second kappa shape index (κ2) is 9.62. The molecule has 2 aromatic rings. The Kier molecular flexibility index (Phi) is 6.94. The highest BCUT2D eigenvalue weighted by atomic mass is 32.1. The molecule has 1 heterocycles. The van der Waals surface area contributed by atoms with Gasteiger partial charge in [-0.15, -0.1) is 0 Å². The molecule has 2 aromatic carbocycles. The van der Waals surface area contributed by atoms with Gasteiger partial charge in [0, 0.05) is 26.2 Å². The van der Waals surface area contributed by atoms with E-state index in [0.717, 1.165) is 18.7 Å². The third-order valence-corrected chi connectivity index (χ3v) is 4.78. The van der Waals surface area contributed by atoms with E-state index in [9.17, 15) is 4.39 Å². The molecule has 1 aliphatic heterocycles. The van der Waals surface area contributed by atoms with Gasteiger partial charge < -0.3 is 15.4 Å². The van der Waals surface area contributed by atoms with Crippen molar-refractivity contribution in [2.45, 2.75) is 12.6 Å². The van der Waals surface area contributed by atoms with Crippen molar-refractivity contribution in [3.8, 4) is 0 Å². The van der Waals surface area contributed by atoms with E-state index in [1.165, 1.54) is 17.7 Å². The molecule has 2 N–H and O–H groups in total. The summed E-state index contributed by atoms with van der Waals surface area (Å²) >= 11 is 5.42. The van der Waals surface area contributed by atoms with Gasteiger partial charge in [-0.1, -0.05) is 42.5 Å². The second-order valence-electron chi connectivity index (χ2n) is 6.26. The van der Waals surface area contributed by atoms with Gasteiger partial charge in [-0.25, -0.2) is 4.39 Å². The van der Waals surface area contributed by atoms with E-state index >= 15 is 0 Å². The van der Waals surface area contributed by atoms with Crippen LogP contribution in [0.4, 0.5) is 4.39 Å². The summed E-state index contributed by atoms with van der Waals surface area (Å²) in [5, 5.41) is 7.16. The number of morpholine rings is 1. The molecule has 26 heavy (non-hydrogen) atoms. The third kappa shape index (κ3) is 5.49. The van der Waals surface area contributed by atoms with Gasteiger partial charge in [-0.2, -0.15) is 0 Å². The van der Waals surface area contributed by atoms with Crippen LogP contribution in [0.25, 0.3) is 0 Å². The van der Waals surface area contributed by atoms with Gasteiger partial charge in [0.25, 0.3) is 0 Å². The summed E-state index contributed by atoms with van der Waals surface area (Å²) in [5.41, 5.74) is 2.26. The number of rotatable bonds is 6. The Morgan fingerprint density at radius 3 is 2.42 bits per heavy atom. The number of benzene rings is 2. The molecule has 138 valence electrons. The Hall–Kier alpha value is -2.02. The monoisotopic (exact) mass is 373 g/mol. The molecule has 1 atom stereocenters. The Morgan fingerprint density at radius 1 is 1.04 bits per heavy atom. The summed E-state index contributed by atoms with van der Waals surface area (Å²) in [4.78, 5) is 2.35. The molecular formula is C20H24FN3OS. The van der Waals surface area contributed by atoms with Crippen LogP contribution in [0.1, 0.15) is 17.2 Å². The number of hydrogen-bond donors (Lipinski definition) is 2. The summed E-state index contributed by atoms with van der Waals surface area (Å²) < 4.78 is 18.7. The number of hydrogen-bond acceptors (Lipinski definition) is 3. The Balaban J connectivity index is 1.58. The van der Waals surface area contributed by atoms with Crippen LogP contribution in [0.5, 0.6) is 0 Å². The largest absolute Gasteiger partial charge is 0.379 e. The average molecular weight is 373 g/mol. The summed E-state index contributed by atoms with van der Waals surface area (Å²) in [5.74, 6) is -0.220. The summed E-state index contributed by atoms with van der Waals surface area (Å²) in [6.07, 6.45) is 0. The highest BCUT2D eigenvalue weighted by Crippen LogP contribution is 2.21. The van der Waals surface area contributed by atoms with Crippen molar-refractivity contribution in [3.05, 3.63) is 71.5 Å². The van der Waals surface area contributed by atoms with Gasteiger partial charge in [0.2, 0.25) is 0 Å². The number of halogens is 1. The van der Waals surface area contributed by atoms with E-state index in [2.05, 4.69) is 27.7 Å². The van der Waals surface area contributed by atoms with Gasteiger partial charge in [-0.3, -0.25) is 4.90 Å². The summed E-state index contributed by atoms with van der Waals surface area (Å²) in [6, 6.07) is 17.0. The van der Waals surface area contributed by atoms with Gasteiger partial charge in [-0.05, 0) is 35.5 Å². The minimum Gasteiger partial charge on any atom is -0.379 e. The fourth-order valence-electron chi connectivity index (χ4n) is 3.06. The van der Waals surface area contributed by atoms with Crippen molar-refractivity contribution in [2.75, 3.05) is 32.8 Å². The van der Waals surface area contributed by atoms with E-state index in [0.29, 0.717) is 31.4 Å². The van der Waals surface area contributed by atoms with Crippen molar-refractivity contribution < 1.29 is 9.13 Å². The fraction of sp³-hybridized carbons (Fsp3) is 0.350. The number of ether oxygens (including phenoxy) is 1. The predicted octanol–water partition coefficient (Wildman–Crippen LogP) is 2.86. The van der Waals surface area contributed by atoms with Crippen molar-refractivity contribution in [1.82, 2.24) is 15.5 Å². The van der Waals surface area contributed by atoms with Crippen LogP contribution in [0.15, 0.2) is 54.6 Å². The smallest absolute Gasteiger partial charge is 0.166 e. The lowest BCUT2D eigenvalue weighted by Gasteiger charge is -2.35. The van der Waals surface area contributed by atoms with E-state index in [-0.39, 0.29) is 11.9 Å². The van der Waals surface area contributed by atoms with Crippen LogP contribution in [-0.4, -0.2) is 42.9 Å². The minimum absolute atomic E-state index is 0.121. The topological polar surface area (TPSA) is 36.5 Å². The average Bonchev–Trinajstić information content (AvgIpc) is 2.69. The fourth-order valence-corrected chi connectivity index (χ4v) is 3.22. The summed E-state index contributed by atoms with van der Waals surface area (Å²) in [6.45, 7) is 4.49. The molecule has 0 radical (unpaired) electrons. The van der Waals surface area contributed by atoms with E-state index in [1.807, 2.05) is 30.3 Å². The van der Waals surface area contributed by atoms with Crippen LogP contribution < -0.4 is 10.6 Å². The van der Waals surface area contributed by atoms with Crippen molar-refractivity contribution in [2.24, 2.45) is 0 Å². The molecule has 0 amide bonds. The molecule has 1 fully saturated rings. The van der Waals surface area contributed by atoms with Crippen molar-refractivity contribution in [3.63, 3.8) is 0 Å². The molecule has 4 nitrogen and oxygen atoms in total. The highest BCUT2D eigenvalue weighted by Gasteiger charge is 2.22. The van der Waals surface area contributed by atoms with Gasteiger partial charge in [0.15, 0.2) is 5.11 Å².